The molecule has 0 aromatic heterocycles. The van der Waals surface area contributed by atoms with Crippen molar-refractivity contribution in [2.75, 3.05) is 0 Å². The zero-order valence-electron chi connectivity index (χ0n) is 35.1. The Morgan fingerprint density at radius 1 is 0.786 bits per heavy atom. The summed E-state index contributed by atoms with van der Waals surface area (Å²) in [4.78, 5) is 36.8. The number of ketones is 1. The Hall–Kier alpha value is -3.07. The summed E-state index contributed by atoms with van der Waals surface area (Å²) in [5.41, 5.74) is 3.52. The summed E-state index contributed by atoms with van der Waals surface area (Å²) in [6.45, 7) is 8.98. The van der Waals surface area contributed by atoms with Crippen LogP contribution in [0.5, 0.6) is 5.75 Å². The minimum Gasteiger partial charge on any atom is -0.508 e. The average molecular weight is 767 g/mol. The van der Waals surface area contributed by atoms with Crippen molar-refractivity contribution in [1.29, 1.82) is 0 Å². The van der Waals surface area contributed by atoms with E-state index in [4.69, 9.17) is 15.9 Å². The van der Waals surface area contributed by atoms with Gasteiger partial charge in [0, 0.05) is 30.1 Å². The van der Waals surface area contributed by atoms with Crippen LogP contribution in [-0.4, -0.2) is 34.5 Å². The van der Waals surface area contributed by atoms with Gasteiger partial charge in [-0.1, -0.05) is 70.9 Å². The van der Waals surface area contributed by atoms with Crippen molar-refractivity contribution < 1.29 is 29.0 Å². The monoisotopic (exact) mass is 767 g/mol. The third kappa shape index (κ3) is 7.64. The van der Waals surface area contributed by atoms with Crippen molar-refractivity contribution in [3.63, 3.8) is 0 Å². The van der Waals surface area contributed by atoms with Gasteiger partial charge in [0.1, 0.15) is 11.9 Å². The number of allylic oxidation sites excluding steroid dienone is 1. The number of fused-ring (bicyclic) bond motifs is 10. The molecule has 306 valence electrons. The summed E-state index contributed by atoms with van der Waals surface area (Å²) in [5, 5.41) is 9.81. The molecule has 0 bridgehead atoms. The Bertz CT molecular complexity index is 1690. The summed E-state index contributed by atoms with van der Waals surface area (Å²) >= 11 is 0. The van der Waals surface area contributed by atoms with E-state index >= 15 is 0 Å². The zero-order valence-corrected chi connectivity index (χ0v) is 35.1. The van der Waals surface area contributed by atoms with Crippen molar-refractivity contribution in [3.05, 3.63) is 41.0 Å². The second-order valence-electron chi connectivity index (χ2n) is 19.6. The van der Waals surface area contributed by atoms with Crippen LogP contribution < -0.4 is 0 Å². The number of aromatic hydroxyl groups is 1. The van der Waals surface area contributed by atoms with Gasteiger partial charge in [0.2, 0.25) is 0 Å². The second kappa shape index (κ2) is 17.0. The van der Waals surface area contributed by atoms with Gasteiger partial charge >= 0.3 is 11.9 Å². The quantitative estimate of drug-likeness (QED) is 0.145. The largest absolute Gasteiger partial charge is 0.508 e. The number of hydrogen-bond donors (Lipinski definition) is 1. The summed E-state index contributed by atoms with van der Waals surface area (Å²) in [7, 11) is 0. The Kier molecular flexibility index (Phi) is 12.5. The molecular weight excluding hydrogens is 697 g/mol. The molecule has 6 nitrogen and oxygen atoms in total. The molecule has 0 saturated heterocycles. The lowest BCUT2D eigenvalue weighted by atomic mass is 9.50. The van der Waals surface area contributed by atoms with Gasteiger partial charge in [0.25, 0.3) is 0 Å². The summed E-state index contributed by atoms with van der Waals surface area (Å²) in [6.07, 6.45) is 30.3. The number of unbranched alkanes of at least 4 members (excludes halogenated alkanes) is 4. The average Bonchev–Trinajstić information content (AvgIpc) is 3.68. The van der Waals surface area contributed by atoms with Gasteiger partial charge in [-0.3, -0.25) is 14.4 Å². The molecule has 0 unspecified atom stereocenters. The highest BCUT2D eigenvalue weighted by Gasteiger charge is 2.64. The van der Waals surface area contributed by atoms with Crippen molar-refractivity contribution in [3.8, 4) is 18.1 Å². The highest BCUT2D eigenvalue weighted by Crippen LogP contribution is 2.66. The van der Waals surface area contributed by atoms with E-state index in [1.165, 1.54) is 42.4 Å². The van der Waals surface area contributed by atoms with Crippen LogP contribution in [-0.2, 0) is 30.3 Å². The number of phenolic OH excluding ortho intramolecular Hbond substituents is 1. The van der Waals surface area contributed by atoms with Crippen molar-refractivity contribution in [2.45, 2.75) is 187 Å². The zero-order chi connectivity index (χ0) is 39.7. The molecule has 56 heavy (non-hydrogen) atoms. The first-order valence-electron chi connectivity index (χ1n) is 22.9. The summed E-state index contributed by atoms with van der Waals surface area (Å²) in [5.74, 6) is 8.04. The van der Waals surface area contributed by atoms with E-state index in [0.717, 1.165) is 96.3 Å². The third-order valence-electron chi connectivity index (χ3n) is 16.8. The lowest BCUT2D eigenvalue weighted by Gasteiger charge is -2.55. The molecule has 11 atom stereocenters. The maximum atomic E-state index is 12.7. The van der Waals surface area contributed by atoms with Crippen LogP contribution in [0.1, 0.15) is 180 Å². The third-order valence-corrected chi connectivity index (χ3v) is 16.8. The van der Waals surface area contributed by atoms with Crippen LogP contribution in [0, 0.1) is 58.7 Å². The van der Waals surface area contributed by atoms with Gasteiger partial charge in [0.05, 0.1) is 0 Å². The first-order valence-corrected chi connectivity index (χ1v) is 22.9. The van der Waals surface area contributed by atoms with Gasteiger partial charge in [-0.05, 0) is 167 Å². The topological polar surface area (TPSA) is 89.9 Å². The molecule has 7 aliphatic rings. The van der Waals surface area contributed by atoms with Crippen LogP contribution in [0.15, 0.2) is 29.8 Å². The first kappa shape index (κ1) is 41.1. The van der Waals surface area contributed by atoms with Crippen LogP contribution in [0.3, 0.4) is 0 Å². The fraction of sp³-hybridized carbons (Fsp3) is 0.740. The SMILES string of the molecule is C#C[C@]1(OC(=O)CCCCCC)CC[C@H]2[C@@H]3CCC4=CC(=O)CC[C@@H]4[C@H]3CC[C@@]21C.CCCCC(=O)O[C@H]1CC[C@H]2[C@@H]3CCc4cc(O)ccc4[C@H]3CC[C@]12C. The number of aryl methyl sites for hydroxylation is 1. The molecule has 1 aromatic rings. The molecule has 1 aromatic carbocycles. The number of terminal acetylenes is 1. The molecule has 5 saturated carbocycles. The molecule has 0 aliphatic heterocycles. The van der Waals surface area contributed by atoms with Gasteiger partial charge in [-0.25, -0.2) is 0 Å². The van der Waals surface area contributed by atoms with E-state index in [1.54, 1.807) is 0 Å². The summed E-state index contributed by atoms with van der Waals surface area (Å²) < 4.78 is 12.1. The number of rotatable bonds is 10. The van der Waals surface area contributed by atoms with E-state index in [1.807, 2.05) is 18.2 Å². The number of hydrogen-bond acceptors (Lipinski definition) is 6. The maximum Gasteiger partial charge on any atom is 0.307 e. The van der Waals surface area contributed by atoms with Gasteiger partial charge < -0.3 is 14.6 Å². The van der Waals surface area contributed by atoms with Crippen LogP contribution >= 0.6 is 0 Å². The molecule has 7 aliphatic carbocycles. The number of phenols is 1. The molecule has 0 heterocycles. The number of esters is 2. The fourth-order valence-corrected chi connectivity index (χ4v) is 13.8. The molecule has 6 heteroatoms. The number of benzene rings is 1. The van der Waals surface area contributed by atoms with Gasteiger partial charge in [-0.15, -0.1) is 6.42 Å². The van der Waals surface area contributed by atoms with Gasteiger partial charge in [0.15, 0.2) is 11.4 Å². The predicted molar refractivity (Wildman–Crippen MR) is 221 cm³/mol. The number of ether oxygens (including phenoxy) is 2. The van der Waals surface area contributed by atoms with E-state index in [9.17, 15) is 19.5 Å². The van der Waals surface area contributed by atoms with Crippen LogP contribution in [0.25, 0.3) is 0 Å². The lowest BCUT2D eigenvalue weighted by molar-refractivity contribution is -0.170. The van der Waals surface area contributed by atoms with Crippen LogP contribution in [0.2, 0.25) is 0 Å². The van der Waals surface area contributed by atoms with Crippen molar-refractivity contribution in [2.24, 2.45) is 46.3 Å². The minimum absolute atomic E-state index is 0.00492. The Balaban J connectivity index is 0.000000173. The molecule has 5 fully saturated rings. The first-order chi connectivity index (χ1) is 27.0. The molecule has 1 N–H and O–H groups in total. The Morgan fingerprint density at radius 3 is 2.36 bits per heavy atom. The molecule has 0 radical (unpaired) electrons. The molecule has 0 amide bonds. The normalized spacial score (nSPS) is 37.8. The number of carbonyl (C=O) groups excluding carboxylic acids is 3. The second-order valence-corrected chi connectivity index (χ2v) is 19.6. The fourth-order valence-electron chi connectivity index (χ4n) is 13.8. The Morgan fingerprint density at radius 2 is 1.57 bits per heavy atom. The highest BCUT2D eigenvalue weighted by atomic mass is 16.6. The van der Waals surface area contributed by atoms with E-state index in [2.05, 4.69) is 39.7 Å². The number of carbonyl (C=O) groups is 3. The Labute approximate surface area is 337 Å². The van der Waals surface area contributed by atoms with E-state index < -0.39 is 5.60 Å². The standard InChI is InChI=1S/C27H38O3.C23H32O3/c1-4-6-7-8-9-25(29)30-27(5-2)17-15-24-23-12-10-19-18-20(28)11-13-21(19)22(23)14-16-26(24,27)3;1-3-4-5-22(25)26-21-11-10-20-19-8-6-15-14-16(24)7-9-17(15)18(19)12-13-23(20,21)2/h2,18,21-24H,4,6-17H2,1,3H3;7,9,14,18-21,24H,3-6,8,10-13H2,1-2H3/t21-,22+,23+,24-,26-,27-;18-,19-,20+,21+,23+/m01/s1. The minimum atomic E-state index is -0.733. The smallest absolute Gasteiger partial charge is 0.307 e. The summed E-state index contributed by atoms with van der Waals surface area (Å²) in [6, 6.07) is 5.97. The molecular formula is C50H70O6. The van der Waals surface area contributed by atoms with Crippen molar-refractivity contribution in [1.82, 2.24) is 0 Å². The molecule has 0 spiro atoms. The predicted octanol–water partition coefficient (Wildman–Crippen LogP) is 11.4. The van der Waals surface area contributed by atoms with Gasteiger partial charge in [-0.2, -0.15) is 0 Å². The van der Waals surface area contributed by atoms with E-state index in [0.29, 0.717) is 72.2 Å². The van der Waals surface area contributed by atoms with Crippen molar-refractivity contribution >= 4 is 17.7 Å². The highest BCUT2D eigenvalue weighted by molar-refractivity contribution is 5.91. The lowest BCUT2D eigenvalue weighted by Crippen LogP contribution is -2.53. The molecule has 8 rings (SSSR count). The van der Waals surface area contributed by atoms with E-state index in [-0.39, 0.29) is 28.9 Å². The van der Waals surface area contributed by atoms with Crippen LogP contribution in [0.4, 0.5) is 0 Å². The maximum absolute atomic E-state index is 12.7.